The topological polar surface area (TPSA) is 29.5 Å². The molecule has 2 aromatic rings. The van der Waals surface area contributed by atoms with Crippen LogP contribution < -0.4 is 4.90 Å². The summed E-state index contributed by atoms with van der Waals surface area (Å²) < 4.78 is 18.4. The fourth-order valence-electron chi connectivity index (χ4n) is 2.57. The molecule has 1 saturated heterocycles. The largest absolute Gasteiger partial charge is 0.378 e. The predicted molar refractivity (Wildman–Crippen MR) is 94.2 cm³/mol. The monoisotopic (exact) mass is 345 g/mol. The van der Waals surface area contributed by atoms with E-state index in [1.165, 1.54) is 18.2 Å². The minimum Gasteiger partial charge on any atom is -0.378 e. The van der Waals surface area contributed by atoms with Crippen molar-refractivity contribution in [3.63, 3.8) is 0 Å². The first-order valence-electron chi connectivity index (χ1n) is 7.74. The average molecular weight is 346 g/mol. The van der Waals surface area contributed by atoms with Crippen LogP contribution in [0.4, 0.5) is 10.1 Å². The number of carbonyl (C=O) groups excluding carboxylic acids is 1. The molecule has 1 heterocycles. The molecule has 3 nitrogen and oxygen atoms in total. The fourth-order valence-corrected chi connectivity index (χ4v) is 2.83. The van der Waals surface area contributed by atoms with Crippen molar-refractivity contribution >= 4 is 29.1 Å². The molecule has 0 N–H and O–H groups in total. The Hall–Kier alpha value is -2.17. The normalized spacial score (nSPS) is 15.0. The van der Waals surface area contributed by atoms with Gasteiger partial charge in [0.2, 0.25) is 0 Å². The van der Waals surface area contributed by atoms with Gasteiger partial charge < -0.3 is 9.64 Å². The second-order valence-electron chi connectivity index (χ2n) is 5.51. The Kier molecular flexibility index (Phi) is 5.28. The number of anilines is 1. The fraction of sp³-hybridized carbons (Fsp3) is 0.211. The maximum Gasteiger partial charge on any atom is 0.187 e. The van der Waals surface area contributed by atoms with Gasteiger partial charge in [-0.15, -0.1) is 0 Å². The van der Waals surface area contributed by atoms with Gasteiger partial charge in [-0.05, 0) is 42.0 Å². The van der Waals surface area contributed by atoms with Gasteiger partial charge in [0, 0.05) is 24.3 Å². The third-order valence-corrected chi connectivity index (χ3v) is 4.21. The van der Waals surface area contributed by atoms with Crippen LogP contribution in [0.1, 0.15) is 15.9 Å². The van der Waals surface area contributed by atoms with E-state index in [1.54, 1.807) is 6.08 Å². The third kappa shape index (κ3) is 4.02. The molecular weight excluding hydrogens is 329 g/mol. The van der Waals surface area contributed by atoms with Crippen LogP contribution in [-0.2, 0) is 4.74 Å². The predicted octanol–water partition coefficient (Wildman–Crippen LogP) is 4.21. The molecular formula is C19H17ClFNO2. The first-order valence-corrected chi connectivity index (χ1v) is 8.11. The molecule has 0 atom stereocenters. The summed E-state index contributed by atoms with van der Waals surface area (Å²) in [4.78, 5) is 14.4. The number of rotatable bonds is 4. The van der Waals surface area contributed by atoms with E-state index in [0.717, 1.165) is 43.6 Å². The van der Waals surface area contributed by atoms with Crippen molar-refractivity contribution in [2.75, 3.05) is 31.2 Å². The summed E-state index contributed by atoms with van der Waals surface area (Å²) in [6.07, 6.45) is 3.17. The summed E-state index contributed by atoms with van der Waals surface area (Å²) in [6.45, 7) is 3.26. The lowest BCUT2D eigenvalue weighted by Crippen LogP contribution is -2.36. The van der Waals surface area contributed by atoms with Crippen LogP contribution in [0, 0.1) is 5.82 Å². The third-order valence-electron chi connectivity index (χ3n) is 3.89. The molecule has 5 heteroatoms. The Morgan fingerprint density at radius 2 is 1.83 bits per heavy atom. The van der Waals surface area contributed by atoms with E-state index in [-0.39, 0.29) is 10.8 Å². The van der Waals surface area contributed by atoms with Crippen LogP contribution in [-0.4, -0.2) is 32.1 Å². The molecule has 0 unspecified atom stereocenters. The van der Waals surface area contributed by atoms with E-state index >= 15 is 0 Å². The maximum atomic E-state index is 13.0. The van der Waals surface area contributed by atoms with E-state index in [2.05, 4.69) is 4.90 Å². The van der Waals surface area contributed by atoms with Crippen LogP contribution in [0.15, 0.2) is 48.5 Å². The number of ketones is 1. The second-order valence-corrected chi connectivity index (χ2v) is 5.92. The highest BCUT2D eigenvalue weighted by Crippen LogP contribution is 2.20. The summed E-state index contributed by atoms with van der Waals surface area (Å²) >= 11 is 5.90. The van der Waals surface area contributed by atoms with Gasteiger partial charge in [0.15, 0.2) is 5.78 Å². The molecule has 2 aromatic carbocycles. The van der Waals surface area contributed by atoms with Gasteiger partial charge in [-0.3, -0.25) is 4.79 Å². The molecule has 0 saturated carbocycles. The Labute approximate surface area is 145 Å². The van der Waals surface area contributed by atoms with Gasteiger partial charge in [-0.25, -0.2) is 4.39 Å². The highest BCUT2D eigenvalue weighted by Gasteiger charge is 2.11. The van der Waals surface area contributed by atoms with Crippen LogP contribution in [0.2, 0.25) is 5.02 Å². The first-order chi connectivity index (χ1) is 11.6. The smallest absolute Gasteiger partial charge is 0.187 e. The number of hydrogen-bond donors (Lipinski definition) is 0. The summed E-state index contributed by atoms with van der Waals surface area (Å²) in [5.74, 6) is -0.712. The minimum atomic E-state index is -0.459. The van der Waals surface area contributed by atoms with Gasteiger partial charge >= 0.3 is 0 Å². The van der Waals surface area contributed by atoms with Crippen LogP contribution in [0.5, 0.6) is 0 Å². The molecule has 24 heavy (non-hydrogen) atoms. The van der Waals surface area contributed by atoms with Crippen molar-refractivity contribution in [3.05, 3.63) is 70.5 Å². The summed E-state index contributed by atoms with van der Waals surface area (Å²) in [5.41, 5.74) is 2.35. The average Bonchev–Trinajstić information content (AvgIpc) is 2.61. The van der Waals surface area contributed by atoms with E-state index in [4.69, 9.17) is 16.3 Å². The van der Waals surface area contributed by atoms with Crippen molar-refractivity contribution in [1.29, 1.82) is 0 Å². The number of morpholine rings is 1. The first kappa shape index (κ1) is 16.7. The molecule has 0 spiro atoms. The van der Waals surface area contributed by atoms with Gasteiger partial charge in [-0.1, -0.05) is 29.8 Å². The van der Waals surface area contributed by atoms with Crippen LogP contribution in [0.25, 0.3) is 6.08 Å². The van der Waals surface area contributed by atoms with Crippen molar-refractivity contribution in [2.24, 2.45) is 0 Å². The standard InChI is InChI=1S/C19H17ClFNO2/c20-18-13-15(21)4-7-17(18)19(23)8-3-14-1-5-16(6-2-14)22-9-11-24-12-10-22/h1-8,13H,9-12H2/b8-3+. The minimum absolute atomic E-state index is 0.118. The molecule has 124 valence electrons. The van der Waals surface area contributed by atoms with Crippen molar-refractivity contribution in [1.82, 2.24) is 0 Å². The highest BCUT2D eigenvalue weighted by atomic mass is 35.5. The zero-order valence-electron chi connectivity index (χ0n) is 13.0. The lowest BCUT2D eigenvalue weighted by Gasteiger charge is -2.28. The number of halogens is 2. The lowest BCUT2D eigenvalue weighted by atomic mass is 10.1. The Morgan fingerprint density at radius 3 is 2.50 bits per heavy atom. The van der Waals surface area contributed by atoms with Crippen LogP contribution in [0.3, 0.4) is 0 Å². The van der Waals surface area contributed by atoms with Crippen molar-refractivity contribution in [3.8, 4) is 0 Å². The van der Waals surface area contributed by atoms with E-state index in [0.29, 0.717) is 5.56 Å². The van der Waals surface area contributed by atoms with E-state index in [9.17, 15) is 9.18 Å². The molecule has 1 aliphatic heterocycles. The zero-order valence-corrected chi connectivity index (χ0v) is 13.8. The highest BCUT2D eigenvalue weighted by molar-refractivity contribution is 6.34. The Balaban J connectivity index is 1.68. The summed E-state index contributed by atoms with van der Waals surface area (Å²) in [7, 11) is 0. The number of hydrogen-bond acceptors (Lipinski definition) is 3. The molecule has 0 aromatic heterocycles. The quantitative estimate of drug-likeness (QED) is 0.614. The van der Waals surface area contributed by atoms with Crippen molar-refractivity contribution < 1.29 is 13.9 Å². The SMILES string of the molecule is O=C(/C=C/c1ccc(N2CCOCC2)cc1)c1ccc(F)cc1Cl. The number of carbonyl (C=O) groups is 1. The molecule has 1 fully saturated rings. The number of nitrogens with zero attached hydrogens (tertiary/aromatic N) is 1. The lowest BCUT2D eigenvalue weighted by molar-refractivity contribution is 0.104. The Bertz CT molecular complexity index is 752. The number of allylic oxidation sites excluding steroid dienone is 1. The van der Waals surface area contributed by atoms with Gasteiger partial charge in [0.05, 0.1) is 18.2 Å². The number of ether oxygens (including phenoxy) is 1. The van der Waals surface area contributed by atoms with Gasteiger partial charge in [0.25, 0.3) is 0 Å². The molecule has 0 amide bonds. The van der Waals surface area contributed by atoms with E-state index < -0.39 is 5.82 Å². The molecule has 3 rings (SSSR count). The molecule has 0 aliphatic carbocycles. The Morgan fingerprint density at radius 1 is 1.12 bits per heavy atom. The summed E-state index contributed by atoms with van der Waals surface area (Å²) in [6, 6.07) is 11.7. The molecule has 1 aliphatic rings. The molecule has 0 bridgehead atoms. The maximum absolute atomic E-state index is 13.0. The second kappa shape index (κ2) is 7.60. The van der Waals surface area contributed by atoms with Gasteiger partial charge in [-0.2, -0.15) is 0 Å². The zero-order chi connectivity index (χ0) is 16.9. The summed E-state index contributed by atoms with van der Waals surface area (Å²) in [5, 5.41) is 0.118. The number of benzene rings is 2. The molecule has 0 radical (unpaired) electrons. The van der Waals surface area contributed by atoms with Crippen molar-refractivity contribution in [2.45, 2.75) is 0 Å². The van der Waals surface area contributed by atoms with Crippen LogP contribution >= 0.6 is 11.6 Å². The van der Waals surface area contributed by atoms with E-state index in [1.807, 2.05) is 24.3 Å². The van der Waals surface area contributed by atoms with Gasteiger partial charge in [0.1, 0.15) is 5.82 Å².